The largest absolute Gasteiger partial charge is 0.497 e. The molecule has 3 rings (SSSR count). The Morgan fingerprint density at radius 2 is 1.94 bits per heavy atom. The number of nitrogens with zero attached hydrogens (tertiary/aromatic N) is 1. The summed E-state index contributed by atoms with van der Waals surface area (Å²) >= 11 is 6.51. The summed E-state index contributed by atoms with van der Waals surface area (Å²) in [4.78, 5) is 25.1. The SMILES string of the molecule is COc1ccc(OC)c(-c2cc(Cl)c3c(c2)CC(CNC(=O)CCC(=O)N(C)C)O3)c1. The number of carbonyl (C=O) groups excluding carboxylic acids is 2. The molecule has 1 aliphatic heterocycles. The van der Waals surface area contributed by atoms with Gasteiger partial charge in [0.05, 0.1) is 25.8 Å². The quantitative estimate of drug-likeness (QED) is 0.673. The van der Waals surface area contributed by atoms with Gasteiger partial charge in [0, 0.05) is 44.5 Å². The number of amides is 2. The van der Waals surface area contributed by atoms with Crippen LogP contribution in [0.1, 0.15) is 18.4 Å². The van der Waals surface area contributed by atoms with Crippen LogP contribution in [0.25, 0.3) is 11.1 Å². The second kappa shape index (κ2) is 9.92. The van der Waals surface area contributed by atoms with E-state index in [0.717, 1.165) is 22.4 Å². The van der Waals surface area contributed by atoms with E-state index in [1.54, 1.807) is 28.3 Å². The molecule has 0 saturated carbocycles. The summed E-state index contributed by atoms with van der Waals surface area (Å²) in [6.07, 6.45) is 0.731. The van der Waals surface area contributed by atoms with Crippen molar-refractivity contribution in [2.75, 3.05) is 34.9 Å². The fourth-order valence-corrected chi connectivity index (χ4v) is 3.74. The summed E-state index contributed by atoms with van der Waals surface area (Å²) in [6, 6.07) is 9.46. The Bertz CT molecular complexity index is 977. The molecule has 1 atom stereocenters. The molecule has 1 heterocycles. The molecule has 1 unspecified atom stereocenters. The molecule has 0 aromatic heterocycles. The first-order valence-electron chi connectivity index (χ1n) is 10.0. The molecule has 2 aromatic rings. The number of methoxy groups -OCH3 is 2. The molecule has 2 aromatic carbocycles. The molecule has 1 aliphatic rings. The fourth-order valence-electron chi connectivity index (χ4n) is 3.46. The predicted octanol–water partition coefficient (Wildman–Crippen LogP) is 3.31. The monoisotopic (exact) mass is 446 g/mol. The maximum atomic E-state index is 12.0. The third kappa shape index (κ3) is 5.41. The molecule has 7 nitrogen and oxygen atoms in total. The van der Waals surface area contributed by atoms with E-state index in [4.69, 9.17) is 25.8 Å². The summed E-state index contributed by atoms with van der Waals surface area (Å²) in [5, 5.41) is 3.34. The lowest BCUT2D eigenvalue weighted by molar-refractivity contribution is -0.131. The smallest absolute Gasteiger partial charge is 0.222 e. The number of hydrogen-bond donors (Lipinski definition) is 1. The maximum Gasteiger partial charge on any atom is 0.222 e. The van der Waals surface area contributed by atoms with Gasteiger partial charge in [-0.1, -0.05) is 11.6 Å². The molecular formula is C23H27ClN2O5. The van der Waals surface area contributed by atoms with Crippen molar-refractivity contribution in [3.63, 3.8) is 0 Å². The van der Waals surface area contributed by atoms with Crippen LogP contribution < -0.4 is 19.5 Å². The Morgan fingerprint density at radius 3 is 2.61 bits per heavy atom. The van der Waals surface area contributed by atoms with Gasteiger partial charge in [0.25, 0.3) is 0 Å². The van der Waals surface area contributed by atoms with E-state index in [9.17, 15) is 9.59 Å². The van der Waals surface area contributed by atoms with Crippen LogP contribution >= 0.6 is 11.6 Å². The van der Waals surface area contributed by atoms with Gasteiger partial charge >= 0.3 is 0 Å². The van der Waals surface area contributed by atoms with Crippen molar-refractivity contribution in [2.24, 2.45) is 0 Å². The Labute approximate surface area is 187 Å². The molecule has 0 aliphatic carbocycles. The van der Waals surface area contributed by atoms with Crippen molar-refractivity contribution in [3.05, 3.63) is 40.9 Å². The van der Waals surface area contributed by atoms with Gasteiger partial charge in [0.2, 0.25) is 11.8 Å². The topological polar surface area (TPSA) is 77.1 Å². The molecule has 8 heteroatoms. The average molecular weight is 447 g/mol. The number of ether oxygens (including phenoxy) is 3. The van der Waals surface area contributed by atoms with Crippen LogP contribution in [-0.2, 0) is 16.0 Å². The van der Waals surface area contributed by atoms with Gasteiger partial charge in [0.15, 0.2) is 0 Å². The summed E-state index contributed by atoms with van der Waals surface area (Å²) < 4.78 is 16.8. The lowest BCUT2D eigenvalue weighted by Gasteiger charge is -2.13. The number of halogens is 1. The first kappa shape index (κ1) is 22.7. The molecule has 166 valence electrons. The Balaban J connectivity index is 1.68. The Morgan fingerprint density at radius 1 is 1.16 bits per heavy atom. The van der Waals surface area contributed by atoms with Crippen LogP contribution in [0.3, 0.4) is 0 Å². The van der Waals surface area contributed by atoms with Gasteiger partial charge < -0.3 is 24.4 Å². The number of fused-ring (bicyclic) bond motifs is 1. The van der Waals surface area contributed by atoms with Crippen LogP contribution in [-0.4, -0.2) is 57.7 Å². The number of hydrogen-bond acceptors (Lipinski definition) is 5. The van der Waals surface area contributed by atoms with E-state index in [1.165, 1.54) is 4.90 Å². The van der Waals surface area contributed by atoms with Crippen molar-refractivity contribution in [1.82, 2.24) is 10.2 Å². The molecule has 0 spiro atoms. The van der Waals surface area contributed by atoms with Gasteiger partial charge in [-0.25, -0.2) is 0 Å². The minimum Gasteiger partial charge on any atom is -0.497 e. The minimum atomic E-state index is -0.219. The molecule has 0 bridgehead atoms. The highest BCUT2D eigenvalue weighted by molar-refractivity contribution is 6.32. The van der Waals surface area contributed by atoms with E-state index in [1.807, 2.05) is 30.3 Å². The zero-order valence-electron chi connectivity index (χ0n) is 18.2. The van der Waals surface area contributed by atoms with Crippen molar-refractivity contribution in [2.45, 2.75) is 25.4 Å². The van der Waals surface area contributed by atoms with Gasteiger partial charge in [-0.3, -0.25) is 9.59 Å². The van der Waals surface area contributed by atoms with Gasteiger partial charge in [-0.15, -0.1) is 0 Å². The summed E-state index contributed by atoms with van der Waals surface area (Å²) in [6.45, 7) is 0.345. The maximum absolute atomic E-state index is 12.0. The van der Waals surface area contributed by atoms with Gasteiger partial charge in [-0.2, -0.15) is 0 Å². The predicted molar refractivity (Wildman–Crippen MR) is 119 cm³/mol. The molecule has 2 amide bonds. The fraction of sp³-hybridized carbons (Fsp3) is 0.391. The van der Waals surface area contributed by atoms with Crippen LogP contribution in [0.2, 0.25) is 5.02 Å². The number of carbonyl (C=O) groups is 2. The molecule has 1 N–H and O–H groups in total. The van der Waals surface area contributed by atoms with Gasteiger partial charge in [-0.05, 0) is 35.9 Å². The number of rotatable bonds is 8. The second-order valence-corrected chi connectivity index (χ2v) is 7.96. The summed E-state index contributed by atoms with van der Waals surface area (Å²) in [7, 11) is 6.57. The standard InChI is InChI=1S/C23H27ClN2O5/c1-26(2)22(28)8-7-21(27)25-13-17-10-15-9-14(11-19(24)23(15)31-17)18-12-16(29-3)5-6-20(18)30-4/h5-6,9,11-12,17H,7-8,10,13H2,1-4H3,(H,25,27). The highest BCUT2D eigenvalue weighted by atomic mass is 35.5. The second-order valence-electron chi connectivity index (χ2n) is 7.55. The molecule has 31 heavy (non-hydrogen) atoms. The average Bonchev–Trinajstić information content (AvgIpc) is 3.19. The highest BCUT2D eigenvalue weighted by Gasteiger charge is 2.27. The molecule has 0 radical (unpaired) electrons. The molecule has 0 saturated heterocycles. The first-order chi connectivity index (χ1) is 14.8. The van der Waals surface area contributed by atoms with E-state index in [2.05, 4.69) is 5.32 Å². The van der Waals surface area contributed by atoms with Crippen molar-refractivity contribution in [1.29, 1.82) is 0 Å². The van der Waals surface area contributed by atoms with Crippen molar-refractivity contribution in [3.8, 4) is 28.4 Å². The van der Waals surface area contributed by atoms with E-state index in [-0.39, 0.29) is 30.8 Å². The minimum absolute atomic E-state index is 0.0769. The van der Waals surface area contributed by atoms with Crippen molar-refractivity contribution >= 4 is 23.4 Å². The van der Waals surface area contributed by atoms with Crippen molar-refractivity contribution < 1.29 is 23.8 Å². The Kier molecular flexibility index (Phi) is 7.28. The highest BCUT2D eigenvalue weighted by Crippen LogP contribution is 2.42. The number of benzene rings is 2. The number of nitrogens with one attached hydrogen (secondary N) is 1. The van der Waals surface area contributed by atoms with Gasteiger partial charge in [0.1, 0.15) is 23.4 Å². The van der Waals surface area contributed by atoms with Crippen LogP contribution in [0.5, 0.6) is 17.2 Å². The normalized spacial score (nSPS) is 14.4. The zero-order valence-corrected chi connectivity index (χ0v) is 18.9. The first-order valence-corrected chi connectivity index (χ1v) is 10.4. The van der Waals surface area contributed by atoms with E-state index >= 15 is 0 Å². The third-order valence-corrected chi connectivity index (χ3v) is 5.44. The lowest BCUT2D eigenvalue weighted by atomic mass is 9.99. The molecular weight excluding hydrogens is 420 g/mol. The molecule has 0 fully saturated rings. The summed E-state index contributed by atoms with van der Waals surface area (Å²) in [5.41, 5.74) is 2.73. The Hall–Kier alpha value is -2.93. The van der Waals surface area contributed by atoms with E-state index in [0.29, 0.717) is 29.5 Å². The summed E-state index contributed by atoms with van der Waals surface area (Å²) in [5.74, 6) is 1.81. The third-order valence-electron chi connectivity index (χ3n) is 5.16. The van der Waals surface area contributed by atoms with Crippen LogP contribution in [0.15, 0.2) is 30.3 Å². The van der Waals surface area contributed by atoms with Crippen LogP contribution in [0.4, 0.5) is 0 Å². The lowest BCUT2D eigenvalue weighted by Crippen LogP contribution is -2.35. The van der Waals surface area contributed by atoms with E-state index < -0.39 is 0 Å². The van der Waals surface area contributed by atoms with Crippen LogP contribution in [0, 0.1) is 0 Å². The zero-order chi connectivity index (χ0) is 22.5.